The van der Waals surface area contributed by atoms with E-state index in [9.17, 15) is 15.3 Å². The highest BCUT2D eigenvalue weighted by Gasteiger charge is 2.59. The van der Waals surface area contributed by atoms with E-state index in [0.29, 0.717) is 18.8 Å². The van der Waals surface area contributed by atoms with E-state index in [2.05, 4.69) is 13.0 Å². The van der Waals surface area contributed by atoms with Gasteiger partial charge in [-0.05, 0) is 75.5 Å². The Bertz CT molecular complexity index is 554. The third-order valence-corrected chi connectivity index (χ3v) is 7.38. The summed E-state index contributed by atoms with van der Waals surface area (Å²) in [6, 6.07) is 0. The average Bonchev–Trinajstić information content (AvgIpc) is 2.91. The molecule has 0 aromatic rings. The summed E-state index contributed by atoms with van der Waals surface area (Å²) in [5, 5.41) is 30.2. The van der Waals surface area contributed by atoms with Crippen LogP contribution in [0.5, 0.6) is 0 Å². The largest absolute Gasteiger partial charge is 0.343 e. The fraction of sp³-hybridized carbons (Fsp3) is 0.789. The summed E-state index contributed by atoms with van der Waals surface area (Å²) >= 11 is 0. The van der Waals surface area contributed by atoms with Gasteiger partial charge in [-0.15, -0.1) is 0 Å². The van der Waals surface area contributed by atoms with Gasteiger partial charge >= 0.3 is 0 Å². The molecule has 0 aromatic carbocycles. The zero-order valence-corrected chi connectivity index (χ0v) is 13.6. The summed E-state index contributed by atoms with van der Waals surface area (Å²) in [5.74, 6) is -2.00. The molecule has 0 aliphatic heterocycles. The van der Waals surface area contributed by atoms with Crippen LogP contribution in [0.3, 0.4) is 0 Å². The normalized spacial score (nSPS) is 41.6. The van der Waals surface area contributed by atoms with Crippen LogP contribution in [0.4, 0.5) is 0 Å². The maximum absolute atomic E-state index is 10.1. The molecule has 4 rings (SSSR count). The van der Waals surface area contributed by atoms with Crippen molar-refractivity contribution in [1.82, 2.24) is 0 Å². The van der Waals surface area contributed by atoms with Gasteiger partial charge in [0.1, 0.15) is 0 Å². The second kappa shape index (κ2) is 4.68. The first kappa shape index (κ1) is 14.9. The smallest absolute Gasteiger partial charge is 0.285 e. The van der Waals surface area contributed by atoms with Gasteiger partial charge in [0.05, 0.1) is 5.41 Å². The molecule has 0 spiro atoms. The minimum atomic E-state index is -2.56. The first-order valence-corrected chi connectivity index (χ1v) is 8.97. The fourth-order valence-corrected chi connectivity index (χ4v) is 6.24. The first-order valence-electron chi connectivity index (χ1n) is 8.97. The predicted molar refractivity (Wildman–Crippen MR) is 84.7 cm³/mol. The molecule has 2 saturated carbocycles. The molecular formula is C19H28O3. The zero-order valence-electron chi connectivity index (χ0n) is 13.6. The Morgan fingerprint density at radius 1 is 1.05 bits per heavy atom. The molecule has 0 amide bonds. The summed E-state index contributed by atoms with van der Waals surface area (Å²) in [5.41, 5.74) is 3.79. The summed E-state index contributed by atoms with van der Waals surface area (Å²) in [4.78, 5) is 0. The van der Waals surface area contributed by atoms with Crippen LogP contribution in [0, 0.1) is 16.7 Å². The highest BCUT2D eigenvalue weighted by molar-refractivity contribution is 5.39. The molecule has 3 N–H and O–H groups in total. The summed E-state index contributed by atoms with van der Waals surface area (Å²) in [6.45, 7) is 2.43. The lowest BCUT2D eigenvalue weighted by Gasteiger charge is -2.53. The molecule has 3 atom stereocenters. The molecule has 4 aliphatic carbocycles. The fourth-order valence-electron chi connectivity index (χ4n) is 6.24. The SMILES string of the molecule is C[C@]12CCCC=C1CCC1=C3CCC[C@@]3(C(O)(O)O)CC[C@@H]12. The van der Waals surface area contributed by atoms with Crippen molar-refractivity contribution in [2.24, 2.45) is 16.7 Å². The Morgan fingerprint density at radius 3 is 2.64 bits per heavy atom. The number of hydrogen-bond acceptors (Lipinski definition) is 3. The van der Waals surface area contributed by atoms with Crippen molar-refractivity contribution in [1.29, 1.82) is 0 Å². The van der Waals surface area contributed by atoms with E-state index in [-0.39, 0.29) is 5.41 Å². The van der Waals surface area contributed by atoms with Gasteiger partial charge in [-0.1, -0.05) is 29.7 Å². The van der Waals surface area contributed by atoms with Gasteiger partial charge in [0, 0.05) is 0 Å². The van der Waals surface area contributed by atoms with E-state index in [0.717, 1.165) is 32.1 Å². The van der Waals surface area contributed by atoms with Gasteiger partial charge in [0.2, 0.25) is 0 Å². The van der Waals surface area contributed by atoms with Crippen molar-refractivity contribution in [3.05, 3.63) is 22.8 Å². The Hall–Kier alpha value is -0.640. The van der Waals surface area contributed by atoms with Crippen LogP contribution in [0.25, 0.3) is 0 Å². The molecule has 0 radical (unpaired) electrons. The third-order valence-electron chi connectivity index (χ3n) is 7.38. The van der Waals surface area contributed by atoms with Gasteiger partial charge in [-0.25, -0.2) is 0 Å². The minimum Gasteiger partial charge on any atom is -0.343 e. The lowest BCUT2D eigenvalue weighted by atomic mass is 9.52. The first-order chi connectivity index (χ1) is 10.4. The molecule has 0 heterocycles. The molecule has 2 fully saturated rings. The van der Waals surface area contributed by atoms with Crippen molar-refractivity contribution >= 4 is 0 Å². The highest BCUT2D eigenvalue weighted by Crippen LogP contribution is 2.64. The van der Waals surface area contributed by atoms with Crippen LogP contribution < -0.4 is 0 Å². The second-order valence-electron chi connectivity index (χ2n) is 8.21. The molecule has 3 nitrogen and oxygen atoms in total. The molecule has 22 heavy (non-hydrogen) atoms. The van der Waals surface area contributed by atoms with Crippen LogP contribution in [0.15, 0.2) is 22.8 Å². The Kier molecular flexibility index (Phi) is 3.18. The Morgan fingerprint density at radius 2 is 1.86 bits per heavy atom. The van der Waals surface area contributed by atoms with Crippen LogP contribution in [0.2, 0.25) is 0 Å². The number of allylic oxidation sites excluding steroid dienone is 3. The van der Waals surface area contributed by atoms with Gasteiger partial charge in [-0.3, -0.25) is 0 Å². The molecule has 122 valence electrons. The van der Waals surface area contributed by atoms with Crippen LogP contribution in [0.1, 0.15) is 71.1 Å². The van der Waals surface area contributed by atoms with Crippen LogP contribution in [-0.2, 0) is 0 Å². The molecule has 4 aliphatic rings. The minimum absolute atomic E-state index is 0.274. The number of aliphatic hydroxyl groups is 3. The van der Waals surface area contributed by atoms with E-state index in [1.54, 1.807) is 5.57 Å². The van der Waals surface area contributed by atoms with Crippen LogP contribution in [-0.4, -0.2) is 21.3 Å². The average molecular weight is 304 g/mol. The molecule has 0 saturated heterocycles. The van der Waals surface area contributed by atoms with Gasteiger partial charge in [0.15, 0.2) is 0 Å². The molecule has 0 aromatic heterocycles. The lowest BCUT2D eigenvalue weighted by Crippen LogP contribution is -2.51. The molecular weight excluding hydrogens is 276 g/mol. The standard InChI is InChI=1S/C19H28O3/c1-17-10-3-2-5-13(17)7-8-14-15(17)9-12-18(19(20,21)22)11-4-6-16(14)18/h5,15,20-22H,2-4,6-12H2,1H3/t15-,17-,18+/m0/s1. The number of hydrogen-bond donors (Lipinski definition) is 3. The Labute approximate surface area is 132 Å². The van der Waals surface area contributed by atoms with Gasteiger partial charge in [-0.2, -0.15) is 0 Å². The van der Waals surface area contributed by atoms with Gasteiger partial charge in [0.25, 0.3) is 5.97 Å². The maximum atomic E-state index is 10.1. The van der Waals surface area contributed by atoms with E-state index in [4.69, 9.17) is 0 Å². The predicted octanol–water partition coefficient (Wildman–Crippen LogP) is 3.40. The Balaban J connectivity index is 1.82. The molecule has 0 unspecified atom stereocenters. The molecule has 0 bridgehead atoms. The third kappa shape index (κ3) is 1.79. The quantitative estimate of drug-likeness (QED) is 0.514. The topological polar surface area (TPSA) is 60.7 Å². The highest BCUT2D eigenvalue weighted by atomic mass is 16.7. The lowest BCUT2D eigenvalue weighted by molar-refractivity contribution is -0.367. The van der Waals surface area contributed by atoms with Crippen molar-refractivity contribution in [3.8, 4) is 0 Å². The van der Waals surface area contributed by atoms with Crippen LogP contribution >= 0.6 is 0 Å². The summed E-state index contributed by atoms with van der Waals surface area (Å²) < 4.78 is 0. The number of fused-ring (bicyclic) bond motifs is 4. The molecule has 3 heteroatoms. The van der Waals surface area contributed by atoms with E-state index < -0.39 is 11.4 Å². The van der Waals surface area contributed by atoms with Crippen molar-refractivity contribution in [2.75, 3.05) is 0 Å². The summed E-state index contributed by atoms with van der Waals surface area (Å²) in [6.07, 6.45) is 12.7. The van der Waals surface area contributed by atoms with Crippen molar-refractivity contribution in [3.63, 3.8) is 0 Å². The van der Waals surface area contributed by atoms with E-state index in [1.165, 1.54) is 30.4 Å². The zero-order chi connectivity index (χ0) is 15.6. The van der Waals surface area contributed by atoms with Crippen molar-refractivity contribution in [2.45, 2.75) is 77.1 Å². The summed E-state index contributed by atoms with van der Waals surface area (Å²) in [7, 11) is 0. The van der Waals surface area contributed by atoms with E-state index >= 15 is 0 Å². The van der Waals surface area contributed by atoms with Gasteiger partial charge < -0.3 is 15.3 Å². The second-order valence-corrected chi connectivity index (χ2v) is 8.21. The number of rotatable bonds is 1. The maximum Gasteiger partial charge on any atom is 0.285 e. The van der Waals surface area contributed by atoms with E-state index in [1.807, 2.05) is 0 Å². The van der Waals surface area contributed by atoms with Crippen molar-refractivity contribution < 1.29 is 15.3 Å². The monoisotopic (exact) mass is 304 g/mol.